The van der Waals surface area contributed by atoms with Crippen molar-refractivity contribution in [2.45, 2.75) is 13.0 Å². The summed E-state index contributed by atoms with van der Waals surface area (Å²) >= 11 is 0. The van der Waals surface area contributed by atoms with Crippen LogP contribution in [0.25, 0.3) is 11.0 Å². The van der Waals surface area contributed by atoms with Crippen molar-refractivity contribution in [3.63, 3.8) is 0 Å². The fraction of sp³-hybridized carbons (Fsp3) is 0.238. The molecule has 11 heteroatoms. The molecule has 0 bridgehead atoms. The molecular formula is C21H21FN4O6. The topological polar surface area (TPSA) is 157 Å². The molecule has 0 unspecified atom stereocenters. The number of aromatic nitrogens is 2. The van der Waals surface area contributed by atoms with Gasteiger partial charge in [-0.1, -0.05) is 6.07 Å². The summed E-state index contributed by atoms with van der Waals surface area (Å²) in [5, 5.41) is 21.7. The highest BCUT2D eigenvalue weighted by Crippen LogP contribution is 2.26. The number of halogens is 1. The van der Waals surface area contributed by atoms with Gasteiger partial charge in [0.2, 0.25) is 0 Å². The zero-order valence-corrected chi connectivity index (χ0v) is 17.1. The third kappa shape index (κ3) is 4.67. The van der Waals surface area contributed by atoms with Gasteiger partial charge in [-0.3, -0.25) is 14.6 Å². The third-order valence-electron chi connectivity index (χ3n) is 4.82. The first-order valence-corrected chi connectivity index (χ1v) is 9.52. The molecule has 0 aliphatic carbocycles. The van der Waals surface area contributed by atoms with Crippen LogP contribution in [0.15, 0.2) is 35.3 Å². The number of hydrogen-bond donors (Lipinski definition) is 4. The van der Waals surface area contributed by atoms with Crippen LogP contribution in [0, 0.1) is 5.82 Å². The molecule has 3 aromatic rings. The van der Waals surface area contributed by atoms with E-state index in [1.807, 2.05) is 0 Å². The number of nitrogens with zero attached hydrogens (tertiary/aromatic N) is 2. The van der Waals surface area contributed by atoms with Gasteiger partial charge in [0.15, 0.2) is 5.75 Å². The van der Waals surface area contributed by atoms with Crippen LogP contribution < -0.4 is 16.6 Å². The largest absolute Gasteiger partial charge is 0.505 e. The van der Waals surface area contributed by atoms with Crippen LogP contribution in [0.1, 0.15) is 27.0 Å². The zero-order valence-electron chi connectivity index (χ0n) is 17.1. The second kappa shape index (κ2) is 9.43. The van der Waals surface area contributed by atoms with E-state index in [4.69, 9.17) is 15.6 Å². The zero-order chi connectivity index (χ0) is 23.4. The highest BCUT2D eigenvalue weighted by Gasteiger charge is 2.22. The number of amides is 2. The summed E-state index contributed by atoms with van der Waals surface area (Å²) < 4.78 is 19.6. The monoisotopic (exact) mass is 444 g/mol. The molecule has 0 aliphatic rings. The summed E-state index contributed by atoms with van der Waals surface area (Å²) in [5.41, 5.74) is 5.78. The van der Waals surface area contributed by atoms with Crippen LogP contribution in [0.2, 0.25) is 0 Å². The third-order valence-corrected chi connectivity index (χ3v) is 4.82. The van der Waals surface area contributed by atoms with Gasteiger partial charge in [0, 0.05) is 19.8 Å². The van der Waals surface area contributed by atoms with Crippen molar-refractivity contribution in [2.24, 2.45) is 12.8 Å². The smallest absolute Gasteiger partial charge is 0.404 e. The Morgan fingerprint density at radius 1 is 1.28 bits per heavy atom. The Morgan fingerprint density at radius 2 is 2.03 bits per heavy atom. The van der Waals surface area contributed by atoms with Crippen molar-refractivity contribution >= 4 is 23.0 Å². The molecule has 0 saturated heterocycles. The van der Waals surface area contributed by atoms with Gasteiger partial charge in [-0.25, -0.2) is 9.18 Å². The van der Waals surface area contributed by atoms with Gasteiger partial charge in [0.05, 0.1) is 12.1 Å². The van der Waals surface area contributed by atoms with Crippen LogP contribution in [0.4, 0.5) is 9.18 Å². The van der Waals surface area contributed by atoms with Crippen molar-refractivity contribution in [2.75, 3.05) is 13.2 Å². The molecule has 2 aromatic heterocycles. The number of aromatic hydroxyl groups is 1. The predicted octanol–water partition coefficient (Wildman–Crippen LogP) is 0.686. The highest BCUT2D eigenvalue weighted by molar-refractivity contribution is 6.01. The first kappa shape index (κ1) is 22.7. The number of nitrogens with one attached hydrogen (secondary N) is 1. The molecule has 5 N–H and O–H groups in total. The molecule has 32 heavy (non-hydrogen) atoms. The number of fused-ring (bicyclic) bond motifs is 1. The standard InChI is InChI=1S/C21H21FN4O6/c1-26-15-7-11(6-12-2-3-14(22)8-13(12)10-32-21(23)31)9-25-17(15)18(28)16(20(26)30)19(29)24-4-5-27/h2-3,7-9,27-28H,4-6,10H2,1H3,(H2,23,31)(H,24,29). The van der Waals surface area contributed by atoms with Crippen molar-refractivity contribution < 1.29 is 28.9 Å². The van der Waals surface area contributed by atoms with Crippen molar-refractivity contribution in [3.8, 4) is 5.75 Å². The molecule has 2 amide bonds. The Morgan fingerprint density at radius 3 is 2.72 bits per heavy atom. The van der Waals surface area contributed by atoms with Gasteiger partial charge in [-0.2, -0.15) is 0 Å². The molecule has 0 aliphatic heterocycles. The minimum Gasteiger partial charge on any atom is -0.505 e. The number of aryl methyl sites for hydroxylation is 1. The number of benzene rings is 1. The molecule has 0 radical (unpaired) electrons. The number of carbonyl (C=O) groups is 2. The Labute approximate surface area is 181 Å². The highest BCUT2D eigenvalue weighted by atomic mass is 19.1. The van der Waals surface area contributed by atoms with E-state index in [2.05, 4.69) is 10.3 Å². The quantitative estimate of drug-likeness (QED) is 0.417. The molecule has 168 valence electrons. The van der Waals surface area contributed by atoms with E-state index in [1.54, 1.807) is 6.07 Å². The summed E-state index contributed by atoms with van der Waals surface area (Å²) in [7, 11) is 1.43. The molecular weight excluding hydrogens is 423 g/mol. The second-order valence-electron chi connectivity index (χ2n) is 6.98. The maximum atomic E-state index is 13.6. The Hall–Kier alpha value is -3.99. The molecule has 0 saturated carbocycles. The van der Waals surface area contributed by atoms with E-state index in [1.165, 1.54) is 36.0 Å². The second-order valence-corrected chi connectivity index (χ2v) is 6.98. The summed E-state index contributed by atoms with van der Waals surface area (Å²) in [6.45, 7) is -0.613. The SMILES string of the molecule is Cn1c(=O)c(C(=O)NCCO)c(O)c2ncc(Cc3ccc(F)cc3COC(N)=O)cc21. The van der Waals surface area contributed by atoms with Crippen LogP contribution in [0.3, 0.4) is 0 Å². The van der Waals surface area contributed by atoms with E-state index in [0.29, 0.717) is 16.7 Å². The van der Waals surface area contributed by atoms with Gasteiger partial charge in [0.25, 0.3) is 11.5 Å². The van der Waals surface area contributed by atoms with Gasteiger partial charge >= 0.3 is 6.09 Å². The Balaban J connectivity index is 2.01. The van der Waals surface area contributed by atoms with Crippen LogP contribution in [-0.4, -0.2) is 44.9 Å². The lowest BCUT2D eigenvalue weighted by atomic mass is 10.0. The van der Waals surface area contributed by atoms with E-state index in [0.717, 1.165) is 0 Å². The molecule has 1 aromatic carbocycles. The molecule has 10 nitrogen and oxygen atoms in total. The Bertz CT molecular complexity index is 1260. The van der Waals surface area contributed by atoms with E-state index < -0.39 is 34.7 Å². The van der Waals surface area contributed by atoms with Crippen molar-refractivity contribution in [1.82, 2.24) is 14.9 Å². The fourth-order valence-corrected chi connectivity index (χ4v) is 3.26. The number of aliphatic hydroxyl groups is 1. The van der Waals surface area contributed by atoms with Gasteiger partial charge in [0.1, 0.15) is 23.5 Å². The first-order chi connectivity index (χ1) is 15.2. The number of carbonyl (C=O) groups excluding carboxylic acids is 2. The van der Waals surface area contributed by atoms with Crippen LogP contribution in [-0.2, 0) is 24.8 Å². The Kier molecular flexibility index (Phi) is 6.69. The van der Waals surface area contributed by atoms with Crippen molar-refractivity contribution in [3.05, 3.63) is 68.9 Å². The van der Waals surface area contributed by atoms with E-state index in [-0.39, 0.29) is 37.2 Å². The van der Waals surface area contributed by atoms with Gasteiger partial charge < -0.3 is 30.6 Å². The summed E-state index contributed by atoms with van der Waals surface area (Å²) in [5.74, 6) is -1.90. The number of rotatable bonds is 7. The molecule has 0 fully saturated rings. The lowest BCUT2D eigenvalue weighted by Gasteiger charge is -2.13. The summed E-state index contributed by atoms with van der Waals surface area (Å²) in [6, 6.07) is 5.63. The lowest BCUT2D eigenvalue weighted by molar-refractivity contribution is 0.0940. The maximum absolute atomic E-state index is 13.6. The van der Waals surface area contributed by atoms with Crippen molar-refractivity contribution in [1.29, 1.82) is 0 Å². The number of pyridine rings is 2. The van der Waals surface area contributed by atoms with E-state index >= 15 is 0 Å². The molecule has 3 rings (SSSR count). The summed E-state index contributed by atoms with van der Waals surface area (Å²) in [4.78, 5) is 40.0. The average molecular weight is 444 g/mol. The van der Waals surface area contributed by atoms with Crippen LogP contribution >= 0.6 is 0 Å². The predicted molar refractivity (Wildman–Crippen MR) is 112 cm³/mol. The minimum absolute atomic E-state index is 0.0430. The molecule has 2 heterocycles. The van der Waals surface area contributed by atoms with E-state index in [9.17, 15) is 23.9 Å². The number of nitrogens with two attached hydrogens (primary N) is 1. The van der Waals surface area contributed by atoms with Gasteiger partial charge in [-0.15, -0.1) is 0 Å². The maximum Gasteiger partial charge on any atom is 0.404 e. The van der Waals surface area contributed by atoms with Crippen LogP contribution in [0.5, 0.6) is 5.75 Å². The number of primary amides is 1. The minimum atomic E-state index is -0.989. The molecule has 0 atom stereocenters. The number of hydrogen-bond acceptors (Lipinski definition) is 7. The lowest BCUT2D eigenvalue weighted by Crippen LogP contribution is -2.34. The van der Waals surface area contributed by atoms with Gasteiger partial charge in [-0.05, 0) is 41.3 Å². The molecule has 0 spiro atoms. The first-order valence-electron chi connectivity index (χ1n) is 9.52. The average Bonchev–Trinajstić information content (AvgIpc) is 2.76. The number of ether oxygens (including phenoxy) is 1. The fourth-order valence-electron chi connectivity index (χ4n) is 3.26. The summed E-state index contributed by atoms with van der Waals surface area (Å²) in [6.07, 6.45) is 0.718. The number of aliphatic hydroxyl groups excluding tert-OH is 1. The normalized spacial score (nSPS) is 10.8.